The second kappa shape index (κ2) is 9.88. The van der Waals surface area contributed by atoms with Gasteiger partial charge in [0.2, 0.25) is 17.0 Å². The Bertz CT molecular complexity index is 1040. The number of methoxy groups -OCH3 is 1. The molecule has 0 aliphatic heterocycles. The van der Waals surface area contributed by atoms with Crippen molar-refractivity contribution < 1.29 is 14.3 Å². The predicted molar refractivity (Wildman–Crippen MR) is 115 cm³/mol. The molecule has 1 aromatic heterocycles. The summed E-state index contributed by atoms with van der Waals surface area (Å²) in [4.78, 5) is 24.1. The Labute approximate surface area is 178 Å². The molecule has 10 heteroatoms. The van der Waals surface area contributed by atoms with Gasteiger partial charge in [0.15, 0.2) is 0 Å². The molecule has 0 atom stereocenters. The number of rotatable bonds is 8. The van der Waals surface area contributed by atoms with Crippen LogP contribution in [0.4, 0.5) is 11.4 Å². The maximum absolute atomic E-state index is 12.4. The van der Waals surface area contributed by atoms with Crippen molar-refractivity contribution in [1.29, 1.82) is 0 Å². The summed E-state index contributed by atoms with van der Waals surface area (Å²) in [6.45, 7) is 3.68. The first-order valence-corrected chi connectivity index (χ1v) is 10.2. The summed E-state index contributed by atoms with van der Waals surface area (Å²) >= 11 is 1.22. The number of nitrogens with zero attached hydrogens (tertiary/aromatic N) is 4. The number of aromatic nitrogens is 4. The van der Waals surface area contributed by atoms with Crippen LogP contribution in [0.2, 0.25) is 0 Å². The number of ether oxygens (including phenoxy) is 1. The summed E-state index contributed by atoms with van der Waals surface area (Å²) in [5, 5.41) is 17.8. The summed E-state index contributed by atoms with van der Waals surface area (Å²) < 4.78 is 6.71. The number of thioether (sulfide) groups is 1. The molecule has 0 bridgehead atoms. The average molecular weight is 427 g/mol. The van der Waals surface area contributed by atoms with Crippen molar-refractivity contribution in [3.8, 4) is 11.4 Å². The molecule has 3 rings (SSSR count). The summed E-state index contributed by atoms with van der Waals surface area (Å²) in [5.41, 5.74) is 2.96. The van der Waals surface area contributed by atoms with Gasteiger partial charge in [0.25, 0.3) is 0 Å². The van der Waals surface area contributed by atoms with E-state index in [1.54, 1.807) is 30.8 Å². The smallest absolute Gasteiger partial charge is 0.234 e. The van der Waals surface area contributed by atoms with Gasteiger partial charge >= 0.3 is 0 Å². The number of benzene rings is 2. The highest BCUT2D eigenvalue weighted by Gasteiger charge is 2.13. The zero-order chi connectivity index (χ0) is 21.5. The number of nitrogens with one attached hydrogen (secondary N) is 2. The first-order valence-electron chi connectivity index (χ1n) is 9.26. The third-order valence-electron chi connectivity index (χ3n) is 4.21. The van der Waals surface area contributed by atoms with E-state index in [1.165, 1.54) is 11.8 Å². The highest BCUT2D eigenvalue weighted by molar-refractivity contribution is 7.99. The summed E-state index contributed by atoms with van der Waals surface area (Å²) in [6.07, 6.45) is 0.385. The maximum Gasteiger partial charge on any atom is 0.234 e. The molecule has 30 heavy (non-hydrogen) atoms. The van der Waals surface area contributed by atoms with Gasteiger partial charge in [-0.25, -0.2) is 0 Å². The Hall–Kier alpha value is -3.40. The van der Waals surface area contributed by atoms with E-state index in [9.17, 15) is 9.59 Å². The Balaban J connectivity index is 1.62. The molecule has 0 fully saturated rings. The maximum atomic E-state index is 12.4. The lowest BCUT2D eigenvalue weighted by Crippen LogP contribution is -2.15. The first-order chi connectivity index (χ1) is 14.5. The molecule has 0 saturated carbocycles. The Morgan fingerprint density at radius 2 is 1.87 bits per heavy atom. The molecule has 156 valence electrons. The van der Waals surface area contributed by atoms with Crippen LogP contribution in [0.25, 0.3) is 5.69 Å². The molecule has 2 N–H and O–H groups in total. The normalized spacial score (nSPS) is 10.5. The zero-order valence-corrected chi connectivity index (χ0v) is 17.7. The summed E-state index contributed by atoms with van der Waals surface area (Å²) in [7, 11) is 1.60. The Morgan fingerprint density at radius 1 is 1.10 bits per heavy atom. The van der Waals surface area contributed by atoms with Crippen molar-refractivity contribution in [2.45, 2.75) is 25.4 Å². The molecule has 0 aliphatic carbocycles. The molecule has 9 nitrogen and oxygen atoms in total. The van der Waals surface area contributed by atoms with E-state index in [0.717, 1.165) is 17.0 Å². The highest BCUT2D eigenvalue weighted by Crippen LogP contribution is 2.23. The van der Waals surface area contributed by atoms with Crippen LogP contribution in [-0.4, -0.2) is 44.9 Å². The van der Waals surface area contributed by atoms with Crippen molar-refractivity contribution in [2.24, 2.45) is 0 Å². The fraction of sp³-hybridized carbons (Fsp3) is 0.250. The number of carbonyl (C=O) groups excluding carboxylic acids is 2. The third kappa shape index (κ3) is 5.35. The standard InChI is InChI=1S/C20H22N6O3S/c1-4-18(27)22-17-11-14(6-5-13(17)2)21-19(28)12-30-20-23-24-25-26(20)15-7-9-16(29-3)10-8-15/h5-11H,4,12H2,1-3H3,(H,21,28)(H,22,27). The summed E-state index contributed by atoms with van der Waals surface area (Å²) in [6, 6.07) is 12.7. The monoisotopic (exact) mass is 426 g/mol. The second-order valence-electron chi connectivity index (χ2n) is 6.34. The molecule has 3 aromatic rings. The van der Waals surface area contributed by atoms with Crippen molar-refractivity contribution in [2.75, 3.05) is 23.5 Å². The quantitative estimate of drug-likeness (QED) is 0.533. The SMILES string of the molecule is CCC(=O)Nc1cc(NC(=O)CSc2nnnn2-c2ccc(OC)cc2)ccc1C. The lowest BCUT2D eigenvalue weighted by atomic mass is 10.1. The van der Waals surface area contributed by atoms with Crippen LogP contribution < -0.4 is 15.4 Å². The number of anilines is 2. The van der Waals surface area contributed by atoms with Crippen molar-refractivity contribution in [1.82, 2.24) is 20.2 Å². The molecule has 0 spiro atoms. The van der Waals surface area contributed by atoms with E-state index in [0.29, 0.717) is 23.0 Å². The van der Waals surface area contributed by atoms with Gasteiger partial charge < -0.3 is 15.4 Å². The molecular formula is C20H22N6O3S. The summed E-state index contributed by atoms with van der Waals surface area (Å²) in [5.74, 6) is 0.567. The Kier molecular flexibility index (Phi) is 7.02. The number of aryl methyl sites for hydroxylation is 1. The molecule has 0 radical (unpaired) electrons. The third-order valence-corrected chi connectivity index (χ3v) is 5.13. The van der Waals surface area contributed by atoms with Crippen LogP contribution in [-0.2, 0) is 9.59 Å². The van der Waals surface area contributed by atoms with E-state index >= 15 is 0 Å². The average Bonchev–Trinajstić information content (AvgIpc) is 3.23. The van der Waals surface area contributed by atoms with E-state index < -0.39 is 0 Å². The van der Waals surface area contributed by atoms with Crippen LogP contribution in [0.3, 0.4) is 0 Å². The second-order valence-corrected chi connectivity index (χ2v) is 7.28. The molecule has 1 heterocycles. The number of hydrogen-bond acceptors (Lipinski definition) is 7. The zero-order valence-electron chi connectivity index (χ0n) is 16.9. The van der Waals surface area contributed by atoms with Gasteiger partial charge in [-0.2, -0.15) is 4.68 Å². The molecule has 0 saturated heterocycles. The molecule has 2 aromatic carbocycles. The minimum atomic E-state index is -0.207. The van der Waals surface area contributed by atoms with Gasteiger partial charge in [-0.1, -0.05) is 24.8 Å². The van der Waals surface area contributed by atoms with Crippen molar-refractivity contribution in [3.63, 3.8) is 0 Å². The molecule has 0 unspecified atom stereocenters. The minimum absolute atomic E-state index is 0.0810. The number of carbonyl (C=O) groups is 2. The fourth-order valence-corrected chi connectivity index (χ4v) is 3.25. The van der Waals surface area contributed by atoms with Crippen LogP contribution in [0.15, 0.2) is 47.6 Å². The van der Waals surface area contributed by atoms with Crippen molar-refractivity contribution >= 4 is 35.0 Å². The van der Waals surface area contributed by atoms with Gasteiger partial charge in [0.05, 0.1) is 18.6 Å². The molecule has 0 aliphatic rings. The lowest BCUT2D eigenvalue weighted by molar-refractivity contribution is -0.116. The van der Waals surface area contributed by atoms with Gasteiger partial charge in [-0.15, -0.1) is 5.10 Å². The molecular weight excluding hydrogens is 404 g/mol. The van der Waals surface area contributed by atoms with Crippen molar-refractivity contribution in [3.05, 3.63) is 48.0 Å². The molecule has 2 amide bonds. The fourth-order valence-electron chi connectivity index (χ4n) is 2.55. The minimum Gasteiger partial charge on any atom is -0.497 e. The van der Waals surface area contributed by atoms with Gasteiger partial charge in [0.1, 0.15) is 5.75 Å². The van der Waals surface area contributed by atoms with Crippen LogP contribution >= 0.6 is 11.8 Å². The number of hydrogen-bond donors (Lipinski definition) is 2. The first kappa shape index (κ1) is 21.3. The largest absolute Gasteiger partial charge is 0.497 e. The number of amides is 2. The predicted octanol–water partition coefficient (Wildman–Crippen LogP) is 3.06. The van der Waals surface area contributed by atoms with Crippen LogP contribution in [0.1, 0.15) is 18.9 Å². The highest BCUT2D eigenvalue weighted by atomic mass is 32.2. The Morgan fingerprint density at radius 3 is 2.57 bits per heavy atom. The van der Waals surface area contributed by atoms with Crippen LogP contribution in [0, 0.1) is 6.92 Å². The van der Waals surface area contributed by atoms with E-state index in [2.05, 4.69) is 26.2 Å². The lowest BCUT2D eigenvalue weighted by Gasteiger charge is -2.11. The van der Waals surface area contributed by atoms with Crippen LogP contribution in [0.5, 0.6) is 5.75 Å². The van der Waals surface area contributed by atoms with E-state index in [1.807, 2.05) is 37.3 Å². The van der Waals surface area contributed by atoms with E-state index in [4.69, 9.17) is 4.74 Å². The number of tetrazole rings is 1. The topological polar surface area (TPSA) is 111 Å². The van der Waals surface area contributed by atoms with Gasteiger partial charge in [-0.05, 0) is 59.3 Å². The van der Waals surface area contributed by atoms with E-state index in [-0.39, 0.29) is 17.6 Å². The van der Waals surface area contributed by atoms with Gasteiger partial charge in [0, 0.05) is 17.8 Å². The van der Waals surface area contributed by atoms with Gasteiger partial charge in [-0.3, -0.25) is 9.59 Å².